The number of rotatable bonds is 5. The van der Waals surface area contributed by atoms with Crippen LogP contribution in [-0.4, -0.2) is 42.1 Å². The van der Waals surface area contributed by atoms with Gasteiger partial charge in [-0.1, -0.05) is 12.1 Å². The van der Waals surface area contributed by atoms with Crippen LogP contribution in [0.5, 0.6) is 5.75 Å². The molecule has 7 heteroatoms. The summed E-state index contributed by atoms with van der Waals surface area (Å²) in [5.41, 5.74) is 0.704. The van der Waals surface area contributed by atoms with Crippen molar-refractivity contribution >= 4 is 11.8 Å². The van der Waals surface area contributed by atoms with Gasteiger partial charge in [0.2, 0.25) is 0 Å². The van der Waals surface area contributed by atoms with Crippen LogP contribution in [-0.2, 0) is 6.61 Å². The van der Waals surface area contributed by atoms with E-state index >= 15 is 0 Å². The van der Waals surface area contributed by atoms with E-state index in [1.165, 1.54) is 12.1 Å². The maximum Gasteiger partial charge on any atom is 0.320 e. The second-order valence-electron chi connectivity index (χ2n) is 6.44. The van der Waals surface area contributed by atoms with Crippen LogP contribution in [0, 0.1) is 5.82 Å². The Hall–Kier alpha value is -2.67. The lowest BCUT2D eigenvalue weighted by Crippen LogP contribution is -2.44. The van der Waals surface area contributed by atoms with Crippen LogP contribution in [0.3, 0.4) is 0 Å². The van der Waals surface area contributed by atoms with Gasteiger partial charge in [0.05, 0.1) is 0 Å². The number of piperidine rings is 1. The average molecular weight is 358 g/mol. The van der Waals surface area contributed by atoms with E-state index in [9.17, 15) is 9.18 Å². The first kappa shape index (κ1) is 18.1. The van der Waals surface area contributed by atoms with Crippen molar-refractivity contribution in [2.24, 2.45) is 0 Å². The van der Waals surface area contributed by atoms with Crippen molar-refractivity contribution in [1.82, 2.24) is 15.2 Å². The van der Waals surface area contributed by atoms with Gasteiger partial charge in [0, 0.05) is 12.2 Å². The van der Waals surface area contributed by atoms with Crippen molar-refractivity contribution in [3.63, 3.8) is 0 Å². The Kier molecular flexibility index (Phi) is 6.01. The number of nitrogens with one attached hydrogen (secondary N) is 2. The Morgan fingerprint density at radius 1 is 1.31 bits per heavy atom. The molecule has 2 heterocycles. The maximum absolute atomic E-state index is 13.3. The summed E-state index contributed by atoms with van der Waals surface area (Å²) in [5.74, 6) is 0.470. The third kappa shape index (κ3) is 5.16. The summed E-state index contributed by atoms with van der Waals surface area (Å²) in [6.45, 7) is 2.13. The Morgan fingerprint density at radius 3 is 2.88 bits per heavy atom. The predicted octanol–water partition coefficient (Wildman–Crippen LogP) is 3.02. The monoisotopic (exact) mass is 358 g/mol. The van der Waals surface area contributed by atoms with Crippen molar-refractivity contribution in [1.29, 1.82) is 0 Å². The minimum Gasteiger partial charge on any atom is -0.485 e. The maximum atomic E-state index is 13.3. The molecule has 26 heavy (non-hydrogen) atoms. The van der Waals surface area contributed by atoms with Crippen molar-refractivity contribution in [3.8, 4) is 5.75 Å². The normalized spacial score (nSPS) is 15.5. The average Bonchev–Trinajstić information content (AvgIpc) is 2.63. The zero-order valence-corrected chi connectivity index (χ0v) is 14.7. The SMILES string of the molecule is CN1CCC(NC(=O)Nc2ncccc2OCc2cccc(F)c2)CC1. The smallest absolute Gasteiger partial charge is 0.320 e. The molecule has 2 aromatic rings. The highest BCUT2D eigenvalue weighted by Gasteiger charge is 2.19. The van der Waals surface area contributed by atoms with E-state index in [1.54, 1.807) is 30.5 Å². The lowest BCUT2D eigenvalue weighted by molar-refractivity contribution is 0.221. The number of amides is 2. The molecule has 0 aliphatic carbocycles. The molecule has 2 N–H and O–H groups in total. The molecule has 138 valence electrons. The second-order valence-corrected chi connectivity index (χ2v) is 6.44. The number of urea groups is 1. The molecular weight excluding hydrogens is 335 g/mol. The van der Waals surface area contributed by atoms with E-state index in [4.69, 9.17) is 4.74 Å². The number of likely N-dealkylation sites (tertiary alicyclic amines) is 1. The fourth-order valence-electron chi connectivity index (χ4n) is 2.87. The minimum atomic E-state index is -0.312. The molecule has 0 atom stereocenters. The molecule has 2 amide bonds. The van der Waals surface area contributed by atoms with Gasteiger partial charge < -0.3 is 15.0 Å². The Balaban J connectivity index is 1.57. The van der Waals surface area contributed by atoms with Crippen LogP contribution in [0.25, 0.3) is 0 Å². The number of hydrogen-bond acceptors (Lipinski definition) is 4. The Labute approximate surface area is 152 Å². The molecule has 1 fully saturated rings. The minimum absolute atomic E-state index is 0.159. The molecule has 0 spiro atoms. The second kappa shape index (κ2) is 8.62. The molecule has 1 aliphatic heterocycles. The summed E-state index contributed by atoms with van der Waals surface area (Å²) in [4.78, 5) is 18.7. The molecule has 1 aromatic heterocycles. The summed E-state index contributed by atoms with van der Waals surface area (Å²) in [6.07, 6.45) is 3.43. The Morgan fingerprint density at radius 2 is 2.12 bits per heavy atom. The predicted molar refractivity (Wildman–Crippen MR) is 97.6 cm³/mol. The van der Waals surface area contributed by atoms with Gasteiger partial charge in [-0.15, -0.1) is 0 Å². The summed E-state index contributed by atoms with van der Waals surface area (Å²) in [6, 6.07) is 9.51. The molecular formula is C19H23FN4O2. The first-order chi connectivity index (χ1) is 12.6. The zero-order valence-electron chi connectivity index (χ0n) is 14.7. The number of anilines is 1. The first-order valence-electron chi connectivity index (χ1n) is 8.68. The third-order valence-electron chi connectivity index (χ3n) is 4.34. The number of pyridine rings is 1. The van der Waals surface area contributed by atoms with Crippen molar-refractivity contribution in [2.45, 2.75) is 25.5 Å². The van der Waals surface area contributed by atoms with Crippen LogP contribution in [0.4, 0.5) is 15.0 Å². The highest BCUT2D eigenvalue weighted by Crippen LogP contribution is 2.22. The van der Waals surface area contributed by atoms with Gasteiger partial charge >= 0.3 is 6.03 Å². The zero-order chi connectivity index (χ0) is 18.4. The van der Waals surface area contributed by atoms with Gasteiger partial charge in [-0.25, -0.2) is 14.2 Å². The van der Waals surface area contributed by atoms with Crippen LogP contribution in [0.15, 0.2) is 42.6 Å². The fourth-order valence-corrected chi connectivity index (χ4v) is 2.87. The molecule has 6 nitrogen and oxygen atoms in total. The highest BCUT2D eigenvalue weighted by molar-refractivity contribution is 5.89. The topological polar surface area (TPSA) is 66.5 Å². The number of ether oxygens (including phenoxy) is 1. The van der Waals surface area contributed by atoms with Crippen molar-refractivity contribution in [3.05, 3.63) is 54.0 Å². The lowest BCUT2D eigenvalue weighted by Gasteiger charge is -2.29. The number of carbonyl (C=O) groups excluding carboxylic acids is 1. The molecule has 0 bridgehead atoms. The van der Waals surface area contributed by atoms with E-state index in [0.717, 1.165) is 25.9 Å². The van der Waals surface area contributed by atoms with Gasteiger partial charge in [-0.2, -0.15) is 0 Å². The van der Waals surface area contributed by atoms with E-state index < -0.39 is 0 Å². The van der Waals surface area contributed by atoms with Crippen molar-refractivity contribution < 1.29 is 13.9 Å². The van der Waals surface area contributed by atoms with E-state index in [0.29, 0.717) is 17.1 Å². The van der Waals surface area contributed by atoms with Crippen LogP contribution >= 0.6 is 0 Å². The summed E-state index contributed by atoms with van der Waals surface area (Å²) < 4.78 is 19.0. The lowest BCUT2D eigenvalue weighted by atomic mass is 10.1. The van der Waals surface area contributed by atoms with Gasteiger partial charge in [-0.3, -0.25) is 5.32 Å². The van der Waals surface area contributed by atoms with Crippen molar-refractivity contribution in [2.75, 3.05) is 25.5 Å². The fraction of sp³-hybridized carbons (Fsp3) is 0.368. The summed E-state index contributed by atoms with van der Waals surface area (Å²) in [5, 5.41) is 5.72. The first-order valence-corrected chi connectivity index (χ1v) is 8.68. The molecule has 1 saturated heterocycles. The van der Waals surface area contributed by atoms with Gasteiger partial charge in [0.1, 0.15) is 12.4 Å². The number of aromatic nitrogens is 1. The molecule has 1 aliphatic rings. The number of hydrogen-bond donors (Lipinski definition) is 2. The molecule has 1 aromatic carbocycles. The molecule has 0 saturated carbocycles. The van der Waals surface area contributed by atoms with Crippen LogP contribution < -0.4 is 15.4 Å². The largest absolute Gasteiger partial charge is 0.485 e. The molecule has 0 radical (unpaired) electrons. The number of benzene rings is 1. The number of nitrogens with zero attached hydrogens (tertiary/aromatic N) is 2. The van der Waals surface area contributed by atoms with Gasteiger partial charge in [0.15, 0.2) is 11.6 Å². The van der Waals surface area contributed by atoms with E-state index in [2.05, 4.69) is 27.6 Å². The number of carbonyl (C=O) groups is 1. The number of halogens is 1. The van der Waals surface area contributed by atoms with Crippen LogP contribution in [0.2, 0.25) is 0 Å². The Bertz CT molecular complexity index is 748. The van der Waals surface area contributed by atoms with E-state index in [-0.39, 0.29) is 24.5 Å². The quantitative estimate of drug-likeness (QED) is 0.862. The summed E-state index contributed by atoms with van der Waals surface area (Å²) >= 11 is 0. The van der Waals surface area contributed by atoms with Crippen LogP contribution in [0.1, 0.15) is 18.4 Å². The van der Waals surface area contributed by atoms with Gasteiger partial charge in [-0.05, 0) is 62.8 Å². The van der Waals surface area contributed by atoms with E-state index in [1.807, 2.05) is 0 Å². The highest BCUT2D eigenvalue weighted by atomic mass is 19.1. The summed E-state index contributed by atoms with van der Waals surface area (Å²) in [7, 11) is 2.08. The standard InChI is InChI=1S/C19H23FN4O2/c1-24-10-7-16(8-11-24)22-19(25)23-18-17(6-3-9-21-18)26-13-14-4-2-5-15(20)12-14/h2-6,9,12,16H,7-8,10-11,13H2,1H3,(H2,21,22,23,25). The molecule has 0 unspecified atom stereocenters. The van der Waals surface area contributed by atoms with Gasteiger partial charge in [0.25, 0.3) is 0 Å². The third-order valence-corrected chi connectivity index (χ3v) is 4.34. The molecule has 3 rings (SSSR count).